The van der Waals surface area contributed by atoms with Crippen molar-refractivity contribution in [2.45, 2.75) is 10.9 Å². The summed E-state index contributed by atoms with van der Waals surface area (Å²) in [6, 6.07) is 10.6. The Morgan fingerprint density at radius 2 is 1.82 bits per heavy atom. The van der Waals surface area contributed by atoms with Gasteiger partial charge in [0, 0.05) is 23.9 Å². The van der Waals surface area contributed by atoms with Crippen molar-refractivity contribution in [2.24, 2.45) is 0 Å². The van der Waals surface area contributed by atoms with Gasteiger partial charge in [-0.2, -0.15) is 0 Å². The first-order chi connectivity index (χ1) is 13.6. The molecular formula is C19H17ClF2N4OS. The molecule has 0 spiro atoms. The molecule has 1 aliphatic rings. The second kappa shape index (κ2) is 8.46. The van der Waals surface area contributed by atoms with Crippen LogP contribution >= 0.6 is 23.4 Å². The molecule has 3 aromatic rings. The second-order valence-corrected chi connectivity index (χ2v) is 7.57. The molecule has 1 saturated heterocycles. The lowest BCUT2D eigenvalue weighted by molar-refractivity contribution is 0.122. The first-order valence-corrected chi connectivity index (χ1v) is 10.1. The fourth-order valence-electron chi connectivity index (χ4n) is 2.95. The Labute approximate surface area is 170 Å². The van der Waals surface area contributed by atoms with E-state index in [-0.39, 0.29) is 11.6 Å². The van der Waals surface area contributed by atoms with Crippen LogP contribution < -0.4 is 4.90 Å². The summed E-state index contributed by atoms with van der Waals surface area (Å²) in [5.41, 5.74) is 1.42. The summed E-state index contributed by atoms with van der Waals surface area (Å²) in [6.07, 6.45) is 0. The fraction of sp³-hybridized carbons (Fsp3) is 0.263. The van der Waals surface area contributed by atoms with Gasteiger partial charge in [-0.05, 0) is 35.9 Å². The molecule has 0 bridgehead atoms. The van der Waals surface area contributed by atoms with Crippen LogP contribution in [0.3, 0.4) is 0 Å². The topological polar surface area (TPSA) is 43.2 Å². The van der Waals surface area contributed by atoms with Crippen LogP contribution in [0.4, 0.5) is 14.7 Å². The lowest BCUT2D eigenvalue weighted by atomic mass is 10.2. The summed E-state index contributed by atoms with van der Waals surface area (Å²) < 4.78 is 34.4. The third kappa shape index (κ3) is 4.14. The normalized spacial score (nSPS) is 14.5. The van der Waals surface area contributed by atoms with Gasteiger partial charge in [-0.25, -0.2) is 8.78 Å². The summed E-state index contributed by atoms with van der Waals surface area (Å²) in [6.45, 7) is 2.57. The average molecular weight is 423 g/mol. The minimum absolute atomic E-state index is 0.336. The average Bonchev–Trinajstić information content (AvgIpc) is 3.12. The summed E-state index contributed by atoms with van der Waals surface area (Å²) in [5.74, 6) is 0.407. The van der Waals surface area contributed by atoms with Crippen molar-refractivity contribution < 1.29 is 13.5 Å². The lowest BCUT2D eigenvalue weighted by Crippen LogP contribution is -2.37. The van der Waals surface area contributed by atoms with E-state index in [4.69, 9.17) is 16.3 Å². The predicted octanol–water partition coefficient (Wildman–Crippen LogP) is 4.33. The molecule has 1 aromatic heterocycles. The molecule has 1 fully saturated rings. The van der Waals surface area contributed by atoms with E-state index in [0.29, 0.717) is 53.9 Å². The van der Waals surface area contributed by atoms with Gasteiger partial charge in [0.15, 0.2) is 5.16 Å². The molecule has 0 radical (unpaired) electrons. The molecule has 146 valence electrons. The van der Waals surface area contributed by atoms with E-state index >= 15 is 0 Å². The Morgan fingerprint density at radius 3 is 2.57 bits per heavy atom. The van der Waals surface area contributed by atoms with Crippen molar-refractivity contribution in [3.8, 4) is 5.69 Å². The van der Waals surface area contributed by atoms with E-state index in [1.54, 1.807) is 12.1 Å². The summed E-state index contributed by atoms with van der Waals surface area (Å²) in [7, 11) is 0. The van der Waals surface area contributed by atoms with Gasteiger partial charge in [0.2, 0.25) is 5.95 Å². The van der Waals surface area contributed by atoms with Crippen molar-refractivity contribution in [2.75, 3.05) is 31.2 Å². The smallest absolute Gasteiger partial charge is 0.232 e. The van der Waals surface area contributed by atoms with Crippen LogP contribution in [-0.2, 0) is 10.5 Å². The largest absolute Gasteiger partial charge is 0.378 e. The molecule has 1 aliphatic heterocycles. The molecule has 0 atom stereocenters. The third-order valence-electron chi connectivity index (χ3n) is 4.35. The number of anilines is 1. The van der Waals surface area contributed by atoms with Gasteiger partial charge in [-0.15, -0.1) is 10.2 Å². The monoisotopic (exact) mass is 422 g/mol. The molecule has 0 saturated carbocycles. The summed E-state index contributed by atoms with van der Waals surface area (Å²) in [4.78, 5) is 2.07. The maximum absolute atomic E-state index is 13.9. The van der Waals surface area contributed by atoms with Crippen LogP contribution in [-0.4, -0.2) is 41.1 Å². The number of morpholine rings is 1. The van der Waals surface area contributed by atoms with Gasteiger partial charge in [-0.3, -0.25) is 4.57 Å². The number of aromatic nitrogens is 3. The van der Waals surface area contributed by atoms with Crippen LogP contribution in [0.1, 0.15) is 5.56 Å². The molecule has 9 heteroatoms. The van der Waals surface area contributed by atoms with Gasteiger partial charge in [0.1, 0.15) is 11.6 Å². The van der Waals surface area contributed by atoms with Crippen LogP contribution in [0.2, 0.25) is 5.02 Å². The molecule has 0 amide bonds. The van der Waals surface area contributed by atoms with Crippen molar-refractivity contribution in [1.82, 2.24) is 14.8 Å². The Morgan fingerprint density at radius 1 is 1.04 bits per heavy atom. The number of hydrogen-bond donors (Lipinski definition) is 0. The van der Waals surface area contributed by atoms with Crippen LogP contribution in [0.5, 0.6) is 0 Å². The van der Waals surface area contributed by atoms with Crippen LogP contribution in [0.15, 0.2) is 47.6 Å². The number of ether oxygens (including phenoxy) is 1. The highest BCUT2D eigenvalue weighted by molar-refractivity contribution is 7.98. The minimum atomic E-state index is -0.378. The zero-order chi connectivity index (χ0) is 19.5. The van der Waals surface area contributed by atoms with Gasteiger partial charge < -0.3 is 9.64 Å². The van der Waals surface area contributed by atoms with E-state index in [9.17, 15) is 8.78 Å². The Bertz CT molecular complexity index is 978. The number of rotatable bonds is 5. The number of nitrogens with zero attached hydrogens (tertiary/aromatic N) is 4. The molecule has 0 N–H and O–H groups in total. The van der Waals surface area contributed by atoms with Gasteiger partial charge in [0.05, 0.1) is 18.9 Å². The molecule has 0 unspecified atom stereocenters. The zero-order valence-corrected chi connectivity index (χ0v) is 16.4. The highest BCUT2D eigenvalue weighted by Crippen LogP contribution is 2.31. The van der Waals surface area contributed by atoms with Crippen LogP contribution in [0.25, 0.3) is 5.69 Å². The van der Waals surface area contributed by atoms with Gasteiger partial charge >= 0.3 is 0 Å². The van der Waals surface area contributed by atoms with E-state index in [2.05, 4.69) is 15.1 Å². The summed E-state index contributed by atoms with van der Waals surface area (Å²) in [5, 5.41) is 9.62. The molecule has 4 rings (SSSR count). The van der Waals surface area contributed by atoms with Crippen molar-refractivity contribution >= 4 is 29.3 Å². The Hall–Kier alpha value is -2.16. The first kappa shape index (κ1) is 19.2. The SMILES string of the molecule is Fc1cccc(-n2c(SCc3ccc(F)cc3Cl)nnc2N2CCOCC2)c1. The molecule has 2 heterocycles. The standard InChI is InChI=1S/C19H17ClF2N4OS/c20-17-11-15(22)5-4-13(17)12-28-19-24-23-18(25-6-8-27-9-7-25)26(19)16-3-1-2-14(21)10-16/h1-5,10-11H,6-9,12H2. The van der Waals surface area contributed by atoms with Crippen molar-refractivity contribution in [1.29, 1.82) is 0 Å². The molecule has 2 aromatic carbocycles. The minimum Gasteiger partial charge on any atom is -0.378 e. The molecular weight excluding hydrogens is 406 g/mol. The molecule has 5 nitrogen and oxygen atoms in total. The third-order valence-corrected chi connectivity index (χ3v) is 5.68. The highest BCUT2D eigenvalue weighted by Gasteiger charge is 2.22. The molecule has 0 aliphatic carbocycles. The van der Waals surface area contributed by atoms with E-state index in [1.807, 2.05) is 10.6 Å². The second-order valence-electron chi connectivity index (χ2n) is 6.22. The van der Waals surface area contributed by atoms with Gasteiger partial charge in [0.25, 0.3) is 0 Å². The Balaban J connectivity index is 1.67. The highest BCUT2D eigenvalue weighted by atomic mass is 35.5. The predicted molar refractivity (Wildman–Crippen MR) is 105 cm³/mol. The zero-order valence-electron chi connectivity index (χ0n) is 14.8. The van der Waals surface area contributed by atoms with Crippen LogP contribution in [0, 0.1) is 11.6 Å². The lowest BCUT2D eigenvalue weighted by Gasteiger charge is -2.27. The van der Waals surface area contributed by atoms with Gasteiger partial charge in [-0.1, -0.05) is 35.5 Å². The maximum atomic E-state index is 13.9. The van der Waals surface area contributed by atoms with E-state index < -0.39 is 0 Å². The maximum Gasteiger partial charge on any atom is 0.232 e. The number of thioether (sulfide) groups is 1. The quantitative estimate of drug-likeness (QED) is 0.573. The summed E-state index contributed by atoms with van der Waals surface area (Å²) >= 11 is 7.54. The number of hydrogen-bond acceptors (Lipinski definition) is 5. The number of halogens is 3. The Kier molecular flexibility index (Phi) is 5.79. The first-order valence-electron chi connectivity index (χ1n) is 8.72. The van der Waals surface area contributed by atoms with Crippen molar-refractivity contribution in [3.05, 3.63) is 64.7 Å². The molecule has 28 heavy (non-hydrogen) atoms. The van der Waals surface area contributed by atoms with Crippen molar-refractivity contribution in [3.63, 3.8) is 0 Å². The number of benzene rings is 2. The van der Waals surface area contributed by atoms with E-state index in [1.165, 1.54) is 36.0 Å². The van der Waals surface area contributed by atoms with E-state index in [0.717, 1.165) is 5.56 Å². The fourth-order valence-corrected chi connectivity index (χ4v) is 4.21.